The maximum absolute atomic E-state index is 5.36. The highest BCUT2D eigenvalue weighted by Gasteiger charge is 2.31. The summed E-state index contributed by atoms with van der Waals surface area (Å²) in [6.07, 6.45) is 1.34. The standard InChI is InChI=1S/C41H33N5/c1-5-16-29(17-6-1)35-27-36(30-18-7-2-8-19-30)43-40(42-35)34-26-25-28-15-13-14-24-33(28)37(34)41-45-38(31-20-9-3-10-21-31)44-39(46-41)32-22-11-4-12-23-32/h1-27,38,40-42,45H,(H,44,46). The first-order valence-electron chi connectivity index (χ1n) is 15.7. The molecule has 3 N–H and O–H groups in total. The van der Waals surface area contributed by atoms with E-state index in [1.54, 1.807) is 0 Å². The third-order valence-electron chi connectivity index (χ3n) is 8.61. The first-order chi connectivity index (χ1) is 22.8. The summed E-state index contributed by atoms with van der Waals surface area (Å²) in [5.41, 5.74) is 8.59. The Balaban J connectivity index is 1.29. The molecule has 0 aliphatic carbocycles. The molecule has 8 rings (SSSR count). The first kappa shape index (κ1) is 27.7. The number of hydrogen-bond acceptors (Lipinski definition) is 5. The van der Waals surface area contributed by atoms with Crippen LogP contribution in [0.2, 0.25) is 0 Å². The Kier molecular flexibility index (Phi) is 7.43. The van der Waals surface area contributed by atoms with Gasteiger partial charge in [-0.05, 0) is 33.5 Å². The van der Waals surface area contributed by atoms with Gasteiger partial charge in [-0.15, -0.1) is 0 Å². The van der Waals surface area contributed by atoms with Crippen LogP contribution in [0.25, 0.3) is 16.5 Å². The fourth-order valence-electron chi connectivity index (χ4n) is 6.36. The molecule has 0 radical (unpaired) electrons. The van der Waals surface area contributed by atoms with Gasteiger partial charge >= 0.3 is 0 Å². The number of nitrogens with one attached hydrogen (secondary N) is 3. The maximum Gasteiger partial charge on any atom is 0.145 e. The van der Waals surface area contributed by atoms with E-state index in [1.807, 2.05) is 24.3 Å². The average molecular weight is 596 g/mol. The van der Waals surface area contributed by atoms with Crippen LogP contribution in [-0.4, -0.2) is 11.5 Å². The van der Waals surface area contributed by atoms with Crippen molar-refractivity contribution in [2.24, 2.45) is 9.98 Å². The molecule has 2 aliphatic rings. The predicted molar refractivity (Wildman–Crippen MR) is 188 cm³/mol. The van der Waals surface area contributed by atoms with Crippen molar-refractivity contribution < 1.29 is 0 Å². The van der Waals surface area contributed by atoms with Crippen molar-refractivity contribution in [1.82, 2.24) is 16.0 Å². The van der Waals surface area contributed by atoms with Crippen LogP contribution in [-0.2, 0) is 0 Å². The zero-order valence-corrected chi connectivity index (χ0v) is 25.2. The van der Waals surface area contributed by atoms with Crippen LogP contribution in [0.3, 0.4) is 0 Å². The average Bonchev–Trinajstić information content (AvgIpc) is 3.15. The van der Waals surface area contributed by atoms with Crippen molar-refractivity contribution in [3.05, 3.63) is 197 Å². The number of amidine groups is 1. The lowest BCUT2D eigenvalue weighted by molar-refractivity contribution is 0.406. The van der Waals surface area contributed by atoms with Crippen LogP contribution in [0.1, 0.15) is 51.9 Å². The van der Waals surface area contributed by atoms with Gasteiger partial charge in [-0.25, -0.2) is 4.99 Å². The van der Waals surface area contributed by atoms with Gasteiger partial charge in [0.1, 0.15) is 24.3 Å². The van der Waals surface area contributed by atoms with Gasteiger partial charge in [0.05, 0.1) is 5.71 Å². The van der Waals surface area contributed by atoms with E-state index < -0.39 is 0 Å². The molecule has 2 heterocycles. The molecule has 0 fully saturated rings. The van der Waals surface area contributed by atoms with Crippen LogP contribution in [0.15, 0.2) is 174 Å². The van der Waals surface area contributed by atoms with Crippen LogP contribution in [0, 0.1) is 0 Å². The maximum atomic E-state index is 5.36. The number of hydrogen-bond donors (Lipinski definition) is 3. The molecular formula is C41H33N5. The number of fused-ring (bicyclic) bond motifs is 1. The van der Waals surface area contributed by atoms with Gasteiger partial charge in [-0.3, -0.25) is 10.3 Å². The quantitative estimate of drug-likeness (QED) is 0.182. The summed E-state index contributed by atoms with van der Waals surface area (Å²) in [7, 11) is 0. The molecule has 6 aromatic rings. The molecule has 0 spiro atoms. The molecule has 5 heteroatoms. The van der Waals surface area contributed by atoms with Crippen molar-refractivity contribution in [3.8, 4) is 0 Å². The van der Waals surface area contributed by atoms with Crippen LogP contribution < -0.4 is 16.0 Å². The molecule has 5 nitrogen and oxygen atoms in total. The Morgan fingerprint density at radius 3 is 1.80 bits per heavy atom. The van der Waals surface area contributed by atoms with E-state index in [0.717, 1.165) is 50.6 Å². The summed E-state index contributed by atoms with van der Waals surface area (Å²) >= 11 is 0. The molecule has 3 unspecified atom stereocenters. The molecule has 6 aromatic carbocycles. The van der Waals surface area contributed by atoms with E-state index in [2.05, 4.69) is 155 Å². The van der Waals surface area contributed by atoms with Gasteiger partial charge in [-0.2, -0.15) is 0 Å². The molecule has 0 saturated carbocycles. The predicted octanol–water partition coefficient (Wildman–Crippen LogP) is 8.31. The van der Waals surface area contributed by atoms with E-state index >= 15 is 0 Å². The molecular weight excluding hydrogens is 562 g/mol. The summed E-state index contributed by atoms with van der Waals surface area (Å²) < 4.78 is 0. The Labute approximate surface area is 269 Å². The second kappa shape index (κ2) is 12.3. The summed E-state index contributed by atoms with van der Waals surface area (Å²) in [4.78, 5) is 10.5. The Bertz CT molecular complexity index is 2070. The molecule has 0 aromatic heterocycles. The van der Waals surface area contributed by atoms with Crippen LogP contribution in [0.4, 0.5) is 0 Å². The normalized spacial score (nSPS) is 19.3. The first-order valence-corrected chi connectivity index (χ1v) is 15.7. The second-order valence-corrected chi connectivity index (χ2v) is 11.5. The fourth-order valence-corrected chi connectivity index (χ4v) is 6.36. The van der Waals surface area contributed by atoms with Crippen molar-refractivity contribution >= 4 is 28.0 Å². The van der Waals surface area contributed by atoms with Gasteiger partial charge in [-0.1, -0.05) is 158 Å². The third-order valence-corrected chi connectivity index (χ3v) is 8.61. The zero-order valence-electron chi connectivity index (χ0n) is 25.2. The Hall–Kier alpha value is -5.78. The number of allylic oxidation sites excluding steroid dienone is 1. The van der Waals surface area contributed by atoms with Crippen LogP contribution in [0.5, 0.6) is 0 Å². The van der Waals surface area contributed by atoms with Gasteiger partial charge in [0.2, 0.25) is 0 Å². The van der Waals surface area contributed by atoms with Gasteiger partial charge < -0.3 is 10.6 Å². The highest BCUT2D eigenvalue weighted by molar-refractivity contribution is 6.13. The SMILES string of the molecule is C1=C(c2ccccc2)NC(c2ccc3ccccc3c2C2NC(c3ccccc3)=NC(c3ccccc3)N2)N=C1c1ccccc1. The second-order valence-electron chi connectivity index (χ2n) is 11.5. The topological polar surface area (TPSA) is 60.8 Å². The summed E-state index contributed by atoms with van der Waals surface area (Å²) in [6, 6.07) is 54.7. The Morgan fingerprint density at radius 2 is 1.09 bits per heavy atom. The number of aliphatic imine (C=N–C) groups is 2. The molecule has 0 amide bonds. The van der Waals surface area contributed by atoms with E-state index in [1.165, 1.54) is 10.8 Å². The lowest BCUT2D eigenvalue weighted by atomic mass is 9.92. The van der Waals surface area contributed by atoms with E-state index in [0.29, 0.717) is 0 Å². The fraction of sp³-hybridized carbons (Fsp3) is 0.0732. The molecule has 3 atom stereocenters. The lowest BCUT2D eigenvalue weighted by Crippen LogP contribution is -2.45. The van der Waals surface area contributed by atoms with Crippen molar-refractivity contribution in [3.63, 3.8) is 0 Å². The summed E-state index contributed by atoms with van der Waals surface area (Å²) in [6.45, 7) is 0. The monoisotopic (exact) mass is 595 g/mol. The highest BCUT2D eigenvalue weighted by Crippen LogP contribution is 2.37. The van der Waals surface area contributed by atoms with Crippen LogP contribution >= 0.6 is 0 Å². The van der Waals surface area contributed by atoms with E-state index in [-0.39, 0.29) is 18.5 Å². The number of nitrogens with zero attached hydrogens (tertiary/aromatic N) is 2. The van der Waals surface area contributed by atoms with Crippen molar-refractivity contribution in [1.29, 1.82) is 0 Å². The molecule has 222 valence electrons. The highest BCUT2D eigenvalue weighted by atomic mass is 15.3. The summed E-state index contributed by atoms with van der Waals surface area (Å²) in [5.74, 6) is 0.854. The Morgan fingerprint density at radius 1 is 0.478 bits per heavy atom. The molecule has 46 heavy (non-hydrogen) atoms. The molecule has 0 saturated heterocycles. The van der Waals surface area contributed by atoms with Gasteiger partial charge in [0.25, 0.3) is 0 Å². The molecule has 0 bridgehead atoms. The summed E-state index contributed by atoms with van der Waals surface area (Å²) in [5, 5.41) is 13.8. The molecule has 2 aliphatic heterocycles. The van der Waals surface area contributed by atoms with E-state index in [9.17, 15) is 0 Å². The zero-order chi connectivity index (χ0) is 30.7. The van der Waals surface area contributed by atoms with Crippen molar-refractivity contribution in [2.45, 2.75) is 18.5 Å². The minimum atomic E-state index is -0.326. The number of benzene rings is 6. The smallest absolute Gasteiger partial charge is 0.145 e. The minimum absolute atomic E-state index is 0.239. The van der Waals surface area contributed by atoms with E-state index in [4.69, 9.17) is 9.98 Å². The van der Waals surface area contributed by atoms with Gasteiger partial charge in [0.15, 0.2) is 0 Å². The number of rotatable bonds is 6. The van der Waals surface area contributed by atoms with Gasteiger partial charge in [0, 0.05) is 22.4 Å². The van der Waals surface area contributed by atoms with Crippen molar-refractivity contribution in [2.75, 3.05) is 0 Å². The largest absolute Gasteiger partial charge is 0.359 e. The lowest BCUT2D eigenvalue weighted by Gasteiger charge is -2.35. The third kappa shape index (κ3) is 5.49. The minimum Gasteiger partial charge on any atom is -0.359 e.